The third-order valence-electron chi connectivity index (χ3n) is 5.64. The molecule has 0 aliphatic carbocycles. The quantitative estimate of drug-likeness (QED) is 0.243. The minimum Gasteiger partial charge on any atom is -0.406 e. The molecule has 4 heteroatoms. The molecule has 0 amide bonds. The fourth-order valence-corrected chi connectivity index (χ4v) is 3.93. The lowest BCUT2D eigenvalue weighted by atomic mass is 9.99. The lowest BCUT2D eigenvalue weighted by molar-refractivity contribution is -0.144. The Balaban J connectivity index is 1.93. The Labute approximate surface area is 183 Å². The van der Waals surface area contributed by atoms with Crippen LogP contribution in [0, 0.1) is 5.92 Å². The van der Waals surface area contributed by atoms with Gasteiger partial charge >= 0.3 is 5.97 Å². The minimum absolute atomic E-state index is 0.0351. The monoisotopic (exact) mass is 412 g/mol. The highest BCUT2D eigenvalue weighted by atomic mass is 16.5. The van der Waals surface area contributed by atoms with Crippen molar-refractivity contribution in [1.29, 1.82) is 0 Å². The second kappa shape index (κ2) is 14.0. The molecule has 0 atom stereocenters. The van der Waals surface area contributed by atoms with Gasteiger partial charge in [-0.1, -0.05) is 77.8 Å². The van der Waals surface area contributed by atoms with Crippen molar-refractivity contribution in [2.45, 2.75) is 91.4 Å². The van der Waals surface area contributed by atoms with E-state index in [4.69, 9.17) is 4.74 Å². The molecule has 1 aromatic carbocycles. The molecular weight excluding hydrogens is 372 g/mol. The van der Waals surface area contributed by atoms with Gasteiger partial charge in [0, 0.05) is 11.9 Å². The van der Waals surface area contributed by atoms with E-state index in [0.29, 0.717) is 12.4 Å². The van der Waals surface area contributed by atoms with Crippen molar-refractivity contribution in [3.05, 3.63) is 41.9 Å². The Hall–Kier alpha value is -2.10. The van der Waals surface area contributed by atoms with Crippen LogP contribution in [0.5, 0.6) is 0 Å². The highest BCUT2D eigenvalue weighted by Gasteiger charge is 2.21. The molecule has 30 heavy (non-hydrogen) atoms. The van der Waals surface area contributed by atoms with Gasteiger partial charge < -0.3 is 9.64 Å². The summed E-state index contributed by atoms with van der Waals surface area (Å²) in [7, 11) is 0. The smallest absolute Gasteiger partial charge is 0.315 e. The third kappa shape index (κ3) is 8.33. The number of esters is 1. The van der Waals surface area contributed by atoms with Crippen molar-refractivity contribution < 1.29 is 9.53 Å². The van der Waals surface area contributed by atoms with Crippen molar-refractivity contribution in [1.82, 2.24) is 0 Å². The lowest BCUT2D eigenvalue weighted by Crippen LogP contribution is -2.25. The number of carbonyl (C=O) groups is 1. The lowest BCUT2D eigenvalue weighted by Gasteiger charge is -2.23. The summed E-state index contributed by atoms with van der Waals surface area (Å²) in [5.41, 5.74) is 2.49. The van der Waals surface area contributed by atoms with Crippen molar-refractivity contribution in [2.75, 3.05) is 11.4 Å². The maximum absolute atomic E-state index is 12.5. The van der Waals surface area contributed by atoms with Gasteiger partial charge in [-0.2, -0.15) is 0 Å². The molecule has 0 N–H and O–H groups in total. The van der Waals surface area contributed by atoms with Crippen molar-refractivity contribution in [3.8, 4) is 0 Å². The molecule has 0 unspecified atom stereocenters. The molecule has 166 valence electrons. The van der Waals surface area contributed by atoms with Crippen molar-refractivity contribution >= 4 is 17.9 Å². The minimum atomic E-state index is -0.152. The fraction of sp³-hybridized carbons (Fsp3) is 0.615. The molecule has 0 bridgehead atoms. The summed E-state index contributed by atoms with van der Waals surface area (Å²) in [6.45, 7) is 7.16. The van der Waals surface area contributed by atoms with E-state index in [1.807, 2.05) is 12.4 Å². The average molecular weight is 413 g/mol. The number of aliphatic imine (C=N–C) groups is 1. The van der Waals surface area contributed by atoms with Crippen LogP contribution in [-0.2, 0) is 16.0 Å². The molecule has 1 heterocycles. The summed E-state index contributed by atoms with van der Waals surface area (Å²) in [6, 6.07) is 8.68. The van der Waals surface area contributed by atoms with Crippen LogP contribution in [0.3, 0.4) is 0 Å². The summed E-state index contributed by atoms with van der Waals surface area (Å²) in [5.74, 6) is 0.206. The first-order valence-corrected chi connectivity index (χ1v) is 12.0. The largest absolute Gasteiger partial charge is 0.406 e. The molecule has 1 aliphatic rings. The van der Waals surface area contributed by atoms with E-state index >= 15 is 0 Å². The zero-order chi connectivity index (χ0) is 21.6. The molecule has 0 saturated heterocycles. The Morgan fingerprint density at radius 1 is 1.03 bits per heavy atom. The number of aryl methyl sites for hydroxylation is 1. The van der Waals surface area contributed by atoms with Crippen LogP contribution in [0.1, 0.15) is 90.5 Å². The van der Waals surface area contributed by atoms with Gasteiger partial charge in [-0.05, 0) is 43.4 Å². The zero-order valence-electron chi connectivity index (χ0n) is 19.2. The van der Waals surface area contributed by atoms with Gasteiger partial charge in [0.1, 0.15) is 0 Å². The molecule has 0 fully saturated rings. The van der Waals surface area contributed by atoms with Crippen molar-refractivity contribution in [2.24, 2.45) is 10.9 Å². The molecular formula is C26H40N2O2. The number of hydrogen-bond donors (Lipinski definition) is 0. The molecule has 0 radical (unpaired) electrons. The average Bonchev–Trinajstić information content (AvgIpc) is 2.76. The maximum atomic E-state index is 12.5. The van der Waals surface area contributed by atoms with Gasteiger partial charge in [0.15, 0.2) is 0 Å². The standard InChI is InChI=1S/C26H40N2O2/c1-4-7-8-9-10-11-15-22-16-12-17-24(20-22)28-19-18-27-25(21-28)30-26(29)23(13-5-2)14-6-3/h12,16-18,20-21,23H,4-11,13-15,19H2,1-3H3. The number of benzene rings is 1. The van der Waals surface area contributed by atoms with E-state index in [0.717, 1.165) is 37.8 Å². The van der Waals surface area contributed by atoms with Crippen LogP contribution >= 0.6 is 0 Å². The summed E-state index contributed by atoms with van der Waals surface area (Å²) >= 11 is 0. The van der Waals surface area contributed by atoms with Gasteiger partial charge in [0.2, 0.25) is 5.88 Å². The highest BCUT2D eigenvalue weighted by molar-refractivity contribution is 5.75. The molecule has 0 spiro atoms. The summed E-state index contributed by atoms with van der Waals surface area (Å²) in [5, 5.41) is 0. The Morgan fingerprint density at radius 2 is 1.77 bits per heavy atom. The Kier molecular flexibility index (Phi) is 11.3. The number of ether oxygens (including phenoxy) is 1. The second-order valence-electron chi connectivity index (χ2n) is 8.31. The predicted molar refractivity (Wildman–Crippen MR) is 127 cm³/mol. The molecule has 2 rings (SSSR count). The SMILES string of the molecule is CCCCCCCCc1cccc(N2C=C(OC(=O)C(CCC)CCC)N=CC2)c1. The number of nitrogens with zero attached hydrogens (tertiary/aromatic N) is 2. The highest BCUT2D eigenvalue weighted by Crippen LogP contribution is 2.23. The Bertz CT molecular complexity index is 690. The van der Waals surface area contributed by atoms with Gasteiger partial charge in [-0.15, -0.1) is 0 Å². The van der Waals surface area contributed by atoms with Crippen LogP contribution in [0.2, 0.25) is 0 Å². The van der Waals surface area contributed by atoms with Gasteiger partial charge in [-0.3, -0.25) is 4.79 Å². The van der Waals surface area contributed by atoms with Gasteiger partial charge in [0.05, 0.1) is 18.7 Å². The maximum Gasteiger partial charge on any atom is 0.315 e. The van der Waals surface area contributed by atoms with E-state index in [9.17, 15) is 4.79 Å². The second-order valence-corrected chi connectivity index (χ2v) is 8.31. The van der Waals surface area contributed by atoms with E-state index in [1.165, 1.54) is 44.1 Å². The van der Waals surface area contributed by atoms with E-state index in [2.05, 4.69) is 54.9 Å². The zero-order valence-corrected chi connectivity index (χ0v) is 19.2. The number of rotatable bonds is 14. The summed E-state index contributed by atoms with van der Waals surface area (Å²) < 4.78 is 5.63. The normalized spacial score (nSPS) is 13.6. The topological polar surface area (TPSA) is 41.9 Å². The number of carbonyl (C=O) groups excluding carboxylic acids is 1. The van der Waals surface area contributed by atoms with Gasteiger partial charge in [0.25, 0.3) is 0 Å². The Morgan fingerprint density at radius 3 is 2.50 bits per heavy atom. The summed E-state index contributed by atoms with van der Waals surface area (Å²) in [4.78, 5) is 19.0. The molecule has 0 aromatic heterocycles. The third-order valence-corrected chi connectivity index (χ3v) is 5.64. The fourth-order valence-electron chi connectivity index (χ4n) is 3.93. The number of unbranched alkanes of at least 4 members (excludes halogenated alkanes) is 5. The van der Waals surface area contributed by atoms with E-state index < -0.39 is 0 Å². The van der Waals surface area contributed by atoms with Gasteiger partial charge in [-0.25, -0.2) is 4.99 Å². The predicted octanol–water partition coefficient (Wildman–Crippen LogP) is 7.04. The summed E-state index contributed by atoms with van der Waals surface area (Å²) in [6.07, 6.45) is 16.4. The molecule has 0 saturated carbocycles. The van der Waals surface area contributed by atoms with Crippen LogP contribution in [-0.4, -0.2) is 18.7 Å². The number of anilines is 1. The first-order chi connectivity index (χ1) is 14.7. The molecule has 1 aromatic rings. The van der Waals surface area contributed by atoms with Crippen LogP contribution in [0.25, 0.3) is 0 Å². The molecule has 4 nitrogen and oxygen atoms in total. The molecule has 1 aliphatic heterocycles. The first kappa shape index (κ1) is 24.2. The first-order valence-electron chi connectivity index (χ1n) is 12.0. The van der Waals surface area contributed by atoms with Crippen LogP contribution in [0.15, 0.2) is 41.3 Å². The van der Waals surface area contributed by atoms with E-state index in [1.54, 1.807) is 0 Å². The number of hydrogen-bond acceptors (Lipinski definition) is 4. The van der Waals surface area contributed by atoms with Crippen LogP contribution in [0.4, 0.5) is 5.69 Å². The van der Waals surface area contributed by atoms with Crippen molar-refractivity contribution in [3.63, 3.8) is 0 Å². The van der Waals surface area contributed by atoms with E-state index in [-0.39, 0.29) is 11.9 Å². The van der Waals surface area contributed by atoms with Crippen LogP contribution < -0.4 is 4.90 Å².